The van der Waals surface area contributed by atoms with E-state index < -0.39 is 4.92 Å². The fraction of sp³-hybridized carbons (Fsp3) is 0.0909. The monoisotopic (exact) mass is 403 g/mol. The molecule has 0 aliphatic rings. The summed E-state index contributed by atoms with van der Waals surface area (Å²) in [6.07, 6.45) is 2.98. The zero-order valence-corrected chi connectivity index (χ0v) is 16.4. The van der Waals surface area contributed by atoms with Crippen molar-refractivity contribution in [2.24, 2.45) is 4.99 Å². The van der Waals surface area contributed by atoms with Crippen LogP contribution in [0.15, 0.2) is 71.7 Å². The fourth-order valence-corrected chi connectivity index (χ4v) is 4.43. The predicted molar refractivity (Wildman–Crippen MR) is 116 cm³/mol. The predicted octanol–water partition coefficient (Wildman–Crippen LogP) is 4.92. The molecule has 0 saturated heterocycles. The number of rotatable bonds is 4. The first-order chi connectivity index (χ1) is 14.1. The van der Waals surface area contributed by atoms with Gasteiger partial charge in [0, 0.05) is 30.1 Å². The van der Waals surface area contributed by atoms with Gasteiger partial charge in [0.1, 0.15) is 0 Å². The van der Waals surface area contributed by atoms with Crippen molar-refractivity contribution in [1.29, 1.82) is 0 Å². The van der Waals surface area contributed by atoms with Gasteiger partial charge in [-0.15, -0.1) is 0 Å². The lowest BCUT2D eigenvalue weighted by atomic mass is 10.1. The molecule has 1 amide bonds. The van der Waals surface area contributed by atoms with Gasteiger partial charge in [-0.1, -0.05) is 41.7 Å². The number of nitro groups is 1. The van der Waals surface area contributed by atoms with Gasteiger partial charge in [0.15, 0.2) is 4.80 Å². The fourth-order valence-electron chi connectivity index (χ4n) is 3.20. The van der Waals surface area contributed by atoms with Crippen LogP contribution in [0.5, 0.6) is 0 Å². The zero-order chi connectivity index (χ0) is 20.4. The number of nitro benzene ring substituents is 1. The number of nitrogens with zero attached hydrogens (tertiary/aromatic N) is 3. The average Bonchev–Trinajstić information content (AvgIpc) is 3.10. The van der Waals surface area contributed by atoms with Crippen molar-refractivity contribution >= 4 is 50.0 Å². The molecule has 0 aliphatic heterocycles. The Morgan fingerprint density at radius 1 is 1.14 bits per heavy atom. The first-order valence-corrected chi connectivity index (χ1v) is 9.91. The highest BCUT2D eigenvalue weighted by Gasteiger charge is 2.09. The van der Waals surface area contributed by atoms with Gasteiger partial charge in [-0.2, -0.15) is 4.99 Å². The third kappa shape index (κ3) is 3.72. The quantitative estimate of drug-likeness (QED) is 0.275. The van der Waals surface area contributed by atoms with Crippen LogP contribution in [0, 0.1) is 10.1 Å². The molecule has 1 aromatic heterocycles. The highest BCUT2D eigenvalue weighted by atomic mass is 32.1. The number of carbonyl (C=O) groups is 1. The van der Waals surface area contributed by atoms with Gasteiger partial charge in [0.25, 0.3) is 11.6 Å². The van der Waals surface area contributed by atoms with E-state index in [9.17, 15) is 14.9 Å². The number of carbonyl (C=O) groups excluding carboxylic acids is 1. The molecule has 1 heterocycles. The summed E-state index contributed by atoms with van der Waals surface area (Å²) in [6, 6.07) is 18.3. The summed E-state index contributed by atoms with van der Waals surface area (Å²) < 4.78 is 3.14. The molecule has 0 aliphatic carbocycles. The first-order valence-electron chi connectivity index (χ1n) is 9.09. The molecule has 0 atom stereocenters. The van der Waals surface area contributed by atoms with Crippen molar-refractivity contribution in [3.63, 3.8) is 0 Å². The number of thiazole rings is 1. The van der Waals surface area contributed by atoms with Crippen molar-refractivity contribution < 1.29 is 9.72 Å². The lowest BCUT2D eigenvalue weighted by Gasteiger charge is -2.02. The summed E-state index contributed by atoms with van der Waals surface area (Å²) in [7, 11) is 0. The Morgan fingerprint density at radius 2 is 1.90 bits per heavy atom. The maximum atomic E-state index is 12.4. The summed E-state index contributed by atoms with van der Waals surface area (Å²) in [5.74, 6) is -0.374. The molecular weight excluding hydrogens is 386 g/mol. The van der Waals surface area contributed by atoms with Gasteiger partial charge in [-0.25, -0.2) is 0 Å². The Balaban J connectivity index is 1.70. The van der Waals surface area contributed by atoms with Gasteiger partial charge in [-0.05, 0) is 42.1 Å². The molecule has 29 heavy (non-hydrogen) atoms. The van der Waals surface area contributed by atoms with E-state index in [1.165, 1.54) is 29.5 Å². The second kappa shape index (κ2) is 7.81. The Hall–Kier alpha value is -3.58. The summed E-state index contributed by atoms with van der Waals surface area (Å²) in [6.45, 7) is 2.73. The van der Waals surface area contributed by atoms with Crippen LogP contribution in [0.4, 0.5) is 5.69 Å². The van der Waals surface area contributed by atoms with E-state index in [1.807, 2.05) is 23.6 Å². The number of amides is 1. The van der Waals surface area contributed by atoms with Crippen LogP contribution >= 0.6 is 11.3 Å². The minimum Gasteiger partial charge on any atom is -0.317 e. The molecule has 0 saturated carbocycles. The van der Waals surface area contributed by atoms with Crippen LogP contribution in [-0.4, -0.2) is 15.4 Å². The molecule has 0 bridgehead atoms. The number of aromatic nitrogens is 1. The number of hydrogen-bond donors (Lipinski definition) is 0. The molecular formula is C22H17N3O3S. The molecule has 144 valence electrons. The van der Waals surface area contributed by atoms with E-state index in [1.54, 1.807) is 18.2 Å². The molecule has 4 rings (SSSR count). The van der Waals surface area contributed by atoms with Gasteiger partial charge < -0.3 is 4.57 Å². The van der Waals surface area contributed by atoms with Gasteiger partial charge >= 0.3 is 0 Å². The molecule has 4 aromatic rings. The first kappa shape index (κ1) is 18.8. The minimum atomic E-state index is -0.456. The van der Waals surface area contributed by atoms with Crippen LogP contribution in [0.2, 0.25) is 0 Å². The Labute approximate surface area is 170 Å². The normalized spacial score (nSPS) is 12.2. The van der Waals surface area contributed by atoms with Crippen molar-refractivity contribution in [1.82, 2.24) is 4.57 Å². The molecule has 0 radical (unpaired) electrons. The van der Waals surface area contributed by atoms with Crippen LogP contribution in [0.25, 0.3) is 27.1 Å². The highest BCUT2D eigenvalue weighted by molar-refractivity contribution is 7.17. The van der Waals surface area contributed by atoms with E-state index in [-0.39, 0.29) is 11.6 Å². The summed E-state index contributed by atoms with van der Waals surface area (Å²) in [5.41, 5.74) is 1.77. The zero-order valence-electron chi connectivity index (χ0n) is 15.6. The number of non-ortho nitro benzene ring substituents is 1. The van der Waals surface area contributed by atoms with E-state index in [0.717, 1.165) is 21.0 Å². The molecule has 0 N–H and O–H groups in total. The van der Waals surface area contributed by atoms with E-state index in [4.69, 9.17) is 0 Å². The molecule has 3 aromatic carbocycles. The minimum absolute atomic E-state index is 0.0136. The lowest BCUT2D eigenvalue weighted by molar-refractivity contribution is -0.384. The molecule has 7 heteroatoms. The van der Waals surface area contributed by atoms with Gasteiger partial charge in [0.05, 0.1) is 15.1 Å². The van der Waals surface area contributed by atoms with Crippen molar-refractivity contribution in [2.75, 3.05) is 0 Å². The van der Waals surface area contributed by atoms with Crippen LogP contribution in [0.3, 0.4) is 0 Å². The summed E-state index contributed by atoms with van der Waals surface area (Å²) >= 11 is 1.50. The Bertz CT molecular complexity index is 1330. The second-order valence-electron chi connectivity index (χ2n) is 6.40. The van der Waals surface area contributed by atoms with Crippen molar-refractivity contribution in [2.45, 2.75) is 13.5 Å². The average molecular weight is 403 g/mol. The number of aryl methyl sites for hydroxylation is 1. The number of fused-ring (bicyclic) bond motifs is 3. The van der Waals surface area contributed by atoms with Crippen molar-refractivity contribution in [3.05, 3.63) is 87.2 Å². The second-order valence-corrected chi connectivity index (χ2v) is 7.37. The third-order valence-electron chi connectivity index (χ3n) is 4.62. The maximum absolute atomic E-state index is 12.4. The topological polar surface area (TPSA) is 77.5 Å². The standard InChI is InChI=1S/C22H17N3O3S/c1-2-24-19-13-10-16-5-3-4-6-18(16)21(19)29-22(24)23-20(26)14-9-15-7-11-17(12-8-15)25(27)28/h3-14H,2H2,1H3. The van der Waals surface area contributed by atoms with Gasteiger partial charge in [-0.3, -0.25) is 14.9 Å². The number of hydrogen-bond acceptors (Lipinski definition) is 4. The Kier molecular flexibility index (Phi) is 5.05. The van der Waals surface area contributed by atoms with E-state index in [0.29, 0.717) is 16.9 Å². The third-order valence-corrected chi connectivity index (χ3v) is 5.75. The SMILES string of the molecule is CCn1c(=NC(=O)C=Cc2ccc([N+](=O)[O-])cc2)sc2c3ccccc3ccc21. The Morgan fingerprint density at radius 3 is 2.62 bits per heavy atom. The van der Waals surface area contributed by atoms with Crippen LogP contribution in [-0.2, 0) is 11.3 Å². The van der Waals surface area contributed by atoms with E-state index in [2.05, 4.69) is 29.3 Å². The van der Waals surface area contributed by atoms with Crippen LogP contribution in [0.1, 0.15) is 12.5 Å². The molecule has 6 nitrogen and oxygen atoms in total. The van der Waals surface area contributed by atoms with E-state index >= 15 is 0 Å². The maximum Gasteiger partial charge on any atom is 0.272 e. The smallest absolute Gasteiger partial charge is 0.272 e. The largest absolute Gasteiger partial charge is 0.317 e. The summed E-state index contributed by atoms with van der Waals surface area (Å²) in [5, 5.41) is 13.0. The molecule has 0 fully saturated rings. The summed E-state index contributed by atoms with van der Waals surface area (Å²) in [4.78, 5) is 27.6. The highest BCUT2D eigenvalue weighted by Crippen LogP contribution is 2.27. The van der Waals surface area contributed by atoms with Crippen molar-refractivity contribution in [3.8, 4) is 0 Å². The number of benzene rings is 3. The lowest BCUT2D eigenvalue weighted by Crippen LogP contribution is -2.15. The molecule has 0 spiro atoms. The van der Waals surface area contributed by atoms with Crippen LogP contribution < -0.4 is 4.80 Å². The molecule has 0 unspecified atom stereocenters. The van der Waals surface area contributed by atoms with Gasteiger partial charge in [0.2, 0.25) is 0 Å².